The summed E-state index contributed by atoms with van der Waals surface area (Å²) in [6, 6.07) is 9.25. The molecule has 0 fully saturated rings. The number of carbonyl (C=O) groups excluding carboxylic acids is 2. The van der Waals surface area contributed by atoms with Gasteiger partial charge < -0.3 is 19.7 Å². The van der Waals surface area contributed by atoms with E-state index in [9.17, 15) is 14.7 Å². The van der Waals surface area contributed by atoms with Crippen molar-refractivity contribution >= 4 is 12.6 Å². The highest BCUT2D eigenvalue weighted by molar-refractivity contribution is 5.80. The molecule has 2 aromatic rings. The van der Waals surface area contributed by atoms with E-state index in [1.54, 1.807) is 18.2 Å². The predicted molar refractivity (Wildman–Crippen MR) is 80.1 cm³/mol. The molecule has 116 valence electrons. The van der Waals surface area contributed by atoms with E-state index < -0.39 is 0 Å². The van der Waals surface area contributed by atoms with Gasteiger partial charge in [0.05, 0.1) is 25.3 Å². The number of para-hydroxylation sites is 1. The van der Waals surface area contributed by atoms with Crippen molar-refractivity contribution < 1.29 is 29.3 Å². The van der Waals surface area contributed by atoms with Crippen molar-refractivity contribution in [1.82, 2.24) is 0 Å². The lowest BCUT2D eigenvalue weighted by Gasteiger charge is -2.02. The summed E-state index contributed by atoms with van der Waals surface area (Å²) in [5, 5.41) is 18.3. The standard InChI is InChI=1S/2C8H8O3/c1-11-7-3-2-6(5-9)8(10)4-7;1-11-7-4-2-3-6(5-9)8(7)10/h2*2-5,10H,1H3. The average Bonchev–Trinajstić information content (AvgIpc) is 2.55. The molecule has 0 spiro atoms. The normalized spacial score (nSPS) is 9.18. The Morgan fingerprint density at radius 2 is 1.59 bits per heavy atom. The third-order valence-corrected chi connectivity index (χ3v) is 2.74. The summed E-state index contributed by atoms with van der Waals surface area (Å²) in [5.74, 6) is 0.687. The highest BCUT2D eigenvalue weighted by Gasteiger charge is 2.04. The van der Waals surface area contributed by atoms with Crippen LogP contribution in [0.1, 0.15) is 20.7 Å². The molecule has 0 amide bonds. The molecule has 6 nitrogen and oxygen atoms in total. The summed E-state index contributed by atoms with van der Waals surface area (Å²) in [6.45, 7) is 0. The zero-order chi connectivity index (χ0) is 16.5. The van der Waals surface area contributed by atoms with Crippen LogP contribution in [0.5, 0.6) is 23.0 Å². The molecule has 0 aromatic heterocycles. The fraction of sp³-hybridized carbons (Fsp3) is 0.125. The van der Waals surface area contributed by atoms with Crippen molar-refractivity contribution in [2.45, 2.75) is 0 Å². The van der Waals surface area contributed by atoms with Crippen molar-refractivity contribution in [3.05, 3.63) is 47.5 Å². The Morgan fingerprint density at radius 3 is 2.09 bits per heavy atom. The third-order valence-electron chi connectivity index (χ3n) is 2.74. The summed E-state index contributed by atoms with van der Waals surface area (Å²) in [4.78, 5) is 20.5. The van der Waals surface area contributed by atoms with Crippen LogP contribution in [-0.4, -0.2) is 37.0 Å². The van der Waals surface area contributed by atoms with Crippen LogP contribution in [0.25, 0.3) is 0 Å². The molecule has 0 aliphatic heterocycles. The zero-order valence-corrected chi connectivity index (χ0v) is 12.1. The van der Waals surface area contributed by atoms with E-state index in [4.69, 9.17) is 14.6 Å². The molecule has 0 saturated heterocycles. The van der Waals surface area contributed by atoms with Crippen molar-refractivity contribution in [2.75, 3.05) is 14.2 Å². The van der Waals surface area contributed by atoms with Crippen molar-refractivity contribution in [2.24, 2.45) is 0 Å². The van der Waals surface area contributed by atoms with Gasteiger partial charge in [0.2, 0.25) is 0 Å². The lowest BCUT2D eigenvalue weighted by molar-refractivity contribution is 0.111. The topological polar surface area (TPSA) is 93.1 Å². The molecule has 22 heavy (non-hydrogen) atoms. The van der Waals surface area contributed by atoms with E-state index in [0.29, 0.717) is 24.1 Å². The minimum Gasteiger partial charge on any atom is -0.507 e. The molecule has 0 aliphatic rings. The van der Waals surface area contributed by atoms with Crippen LogP contribution in [0.3, 0.4) is 0 Å². The number of aldehydes is 2. The van der Waals surface area contributed by atoms with Gasteiger partial charge in [-0.25, -0.2) is 0 Å². The van der Waals surface area contributed by atoms with E-state index in [1.807, 2.05) is 0 Å². The number of carbonyl (C=O) groups is 2. The van der Waals surface area contributed by atoms with Gasteiger partial charge in [-0.15, -0.1) is 0 Å². The molecule has 0 atom stereocenters. The van der Waals surface area contributed by atoms with Crippen LogP contribution in [0.2, 0.25) is 0 Å². The molecule has 0 heterocycles. The van der Waals surface area contributed by atoms with E-state index in [-0.39, 0.29) is 22.6 Å². The average molecular weight is 304 g/mol. The van der Waals surface area contributed by atoms with Gasteiger partial charge in [0.25, 0.3) is 0 Å². The SMILES string of the molecule is COc1ccc(C=O)c(O)c1.COc1cccc(C=O)c1O. The lowest BCUT2D eigenvalue weighted by Crippen LogP contribution is -1.86. The van der Waals surface area contributed by atoms with Crippen LogP contribution in [-0.2, 0) is 0 Å². The fourth-order valence-corrected chi connectivity index (χ4v) is 1.55. The Hall–Kier alpha value is -3.02. The van der Waals surface area contributed by atoms with Crippen molar-refractivity contribution in [3.63, 3.8) is 0 Å². The molecule has 2 N–H and O–H groups in total. The number of phenolic OH excluding ortho intramolecular Hbond substituents is 2. The number of methoxy groups -OCH3 is 2. The molecular weight excluding hydrogens is 288 g/mol. The van der Waals surface area contributed by atoms with Gasteiger partial charge in [0, 0.05) is 6.07 Å². The van der Waals surface area contributed by atoms with Gasteiger partial charge in [-0.2, -0.15) is 0 Å². The largest absolute Gasteiger partial charge is 0.507 e. The molecule has 0 aliphatic carbocycles. The molecular formula is C16H16O6. The first-order valence-corrected chi connectivity index (χ1v) is 6.20. The molecule has 0 radical (unpaired) electrons. The van der Waals surface area contributed by atoms with Gasteiger partial charge in [0.15, 0.2) is 24.1 Å². The summed E-state index contributed by atoms with van der Waals surface area (Å²) >= 11 is 0. The van der Waals surface area contributed by atoms with Crippen LogP contribution in [0, 0.1) is 0 Å². The quantitative estimate of drug-likeness (QED) is 0.843. The predicted octanol–water partition coefficient (Wildman–Crippen LogP) is 2.43. The maximum atomic E-state index is 10.3. The van der Waals surface area contributed by atoms with Gasteiger partial charge in [0.1, 0.15) is 11.5 Å². The number of aromatic hydroxyl groups is 2. The monoisotopic (exact) mass is 304 g/mol. The van der Waals surface area contributed by atoms with Gasteiger partial charge in [-0.05, 0) is 24.3 Å². The first-order chi connectivity index (χ1) is 10.6. The Balaban J connectivity index is 0.000000220. The highest BCUT2D eigenvalue weighted by Crippen LogP contribution is 2.27. The number of rotatable bonds is 4. The smallest absolute Gasteiger partial charge is 0.168 e. The lowest BCUT2D eigenvalue weighted by atomic mass is 10.2. The second-order valence-corrected chi connectivity index (χ2v) is 4.06. The molecule has 2 aromatic carbocycles. The summed E-state index contributed by atoms with van der Waals surface area (Å²) in [5.41, 5.74) is 0.509. The number of hydrogen-bond donors (Lipinski definition) is 2. The summed E-state index contributed by atoms with van der Waals surface area (Å²) in [7, 11) is 2.93. The summed E-state index contributed by atoms with van der Waals surface area (Å²) in [6.07, 6.45) is 1.17. The third kappa shape index (κ3) is 4.24. The maximum Gasteiger partial charge on any atom is 0.168 e. The number of benzene rings is 2. The molecule has 6 heteroatoms. The Labute approximate surface area is 127 Å². The first kappa shape index (κ1) is 17.0. The van der Waals surface area contributed by atoms with E-state index in [0.717, 1.165) is 0 Å². The van der Waals surface area contributed by atoms with E-state index in [2.05, 4.69) is 0 Å². The van der Waals surface area contributed by atoms with Crippen molar-refractivity contribution in [1.29, 1.82) is 0 Å². The van der Waals surface area contributed by atoms with Crippen LogP contribution in [0.4, 0.5) is 0 Å². The van der Waals surface area contributed by atoms with Gasteiger partial charge in [-0.3, -0.25) is 9.59 Å². The van der Waals surface area contributed by atoms with Gasteiger partial charge in [-0.1, -0.05) is 6.07 Å². The minimum absolute atomic E-state index is 0.0562. The number of phenols is 2. The molecule has 0 saturated carbocycles. The second-order valence-electron chi connectivity index (χ2n) is 4.06. The molecule has 2 rings (SSSR count). The van der Waals surface area contributed by atoms with E-state index in [1.165, 1.54) is 32.4 Å². The number of ether oxygens (including phenoxy) is 2. The van der Waals surface area contributed by atoms with Crippen LogP contribution in [0.15, 0.2) is 36.4 Å². The summed E-state index contributed by atoms with van der Waals surface area (Å²) < 4.78 is 9.60. The number of hydrogen-bond acceptors (Lipinski definition) is 6. The highest BCUT2D eigenvalue weighted by atomic mass is 16.5. The Kier molecular flexibility index (Phi) is 6.43. The van der Waals surface area contributed by atoms with Crippen LogP contribution < -0.4 is 9.47 Å². The Bertz CT molecular complexity index is 651. The van der Waals surface area contributed by atoms with Crippen LogP contribution >= 0.6 is 0 Å². The zero-order valence-electron chi connectivity index (χ0n) is 12.1. The van der Waals surface area contributed by atoms with Gasteiger partial charge >= 0.3 is 0 Å². The fourth-order valence-electron chi connectivity index (χ4n) is 1.55. The Morgan fingerprint density at radius 1 is 0.909 bits per heavy atom. The van der Waals surface area contributed by atoms with Crippen molar-refractivity contribution in [3.8, 4) is 23.0 Å². The second kappa shape index (κ2) is 8.31. The molecule has 0 unspecified atom stereocenters. The maximum absolute atomic E-state index is 10.3. The molecule has 0 bridgehead atoms. The minimum atomic E-state index is -0.106. The van der Waals surface area contributed by atoms with E-state index >= 15 is 0 Å². The first-order valence-electron chi connectivity index (χ1n) is 6.20.